The summed E-state index contributed by atoms with van der Waals surface area (Å²) in [4.78, 5) is 0. The lowest BCUT2D eigenvalue weighted by Gasteiger charge is -2.16. The maximum atomic E-state index is 5.51. The molecule has 0 bridgehead atoms. The van der Waals surface area contributed by atoms with Gasteiger partial charge in [-0.15, -0.1) is 0 Å². The highest BCUT2D eigenvalue weighted by molar-refractivity contribution is 5.43. The average molecular weight is 281 g/mol. The average Bonchev–Trinajstić information content (AvgIpc) is 2.43. The molecule has 0 aromatic heterocycles. The largest absolute Gasteiger partial charge is 0.493 e. The Kier molecular flexibility index (Phi) is 7.41. The van der Waals surface area contributed by atoms with Crippen molar-refractivity contribution in [3.63, 3.8) is 0 Å². The first-order valence-electron chi connectivity index (χ1n) is 7.12. The first-order valence-corrected chi connectivity index (χ1v) is 7.12. The van der Waals surface area contributed by atoms with E-state index in [1.54, 1.807) is 14.2 Å². The molecule has 114 valence electrons. The van der Waals surface area contributed by atoms with Gasteiger partial charge < -0.3 is 19.5 Å². The first-order chi connectivity index (χ1) is 9.56. The van der Waals surface area contributed by atoms with Crippen molar-refractivity contribution in [1.82, 2.24) is 5.32 Å². The van der Waals surface area contributed by atoms with Gasteiger partial charge in [0, 0.05) is 12.6 Å². The highest BCUT2D eigenvalue weighted by Crippen LogP contribution is 2.27. The molecule has 0 heterocycles. The fourth-order valence-electron chi connectivity index (χ4n) is 2.03. The van der Waals surface area contributed by atoms with Crippen molar-refractivity contribution in [2.45, 2.75) is 39.3 Å². The molecule has 0 spiro atoms. The molecule has 20 heavy (non-hydrogen) atoms. The van der Waals surface area contributed by atoms with E-state index in [1.807, 2.05) is 26.0 Å². The van der Waals surface area contributed by atoms with Crippen LogP contribution in [0.3, 0.4) is 0 Å². The molecule has 1 N–H and O–H groups in total. The Labute approximate surface area is 122 Å². The van der Waals surface area contributed by atoms with Gasteiger partial charge in [0.15, 0.2) is 11.5 Å². The lowest BCUT2D eigenvalue weighted by Crippen LogP contribution is -2.31. The van der Waals surface area contributed by atoms with Gasteiger partial charge in [-0.3, -0.25) is 0 Å². The van der Waals surface area contributed by atoms with Crippen molar-refractivity contribution in [2.24, 2.45) is 0 Å². The van der Waals surface area contributed by atoms with Crippen molar-refractivity contribution >= 4 is 0 Å². The molecule has 0 fully saturated rings. The van der Waals surface area contributed by atoms with Crippen LogP contribution in [0.25, 0.3) is 0 Å². The molecule has 0 aliphatic rings. The van der Waals surface area contributed by atoms with Gasteiger partial charge in [0.25, 0.3) is 0 Å². The Morgan fingerprint density at radius 3 is 2.35 bits per heavy atom. The van der Waals surface area contributed by atoms with Crippen molar-refractivity contribution in [3.05, 3.63) is 23.8 Å². The predicted molar refractivity (Wildman–Crippen MR) is 81.8 cm³/mol. The standard InChI is InChI=1S/C16H27NO3/c1-12(2)20-9-8-17-13(3)10-14-6-7-15(18-4)16(11-14)19-5/h6-7,11-13,17H,8-10H2,1-5H3. The van der Waals surface area contributed by atoms with E-state index in [-0.39, 0.29) is 6.10 Å². The van der Waals surface area contributed by atoms with Crippen LogP contribution in [0.4, 0.5) is 0 Å². The van der Waals surface area contributed by atoms with Crippen LogP contribution in [0, 0.1) is 0 Å². The van der Waals surface area contributed by atoms with Crippen LogP contribution in [-0.4, -0.2) is 39.5 Å². The van der Waals surface area contributed by atoms with E-state index in [1.165, 1.54) is 5.56 Å². The van der Waals surface area contributed by atoms with Crippen molar-refractivity contribution in [2.75, 3.05) is 27.4 Å². The maximum Gasteiger partial charge on any atom is 0.160 e. The van der Waals surface area contributed by atoms with Gasteiger partial charge in [-0.2, -0.15) is 0 Å². The predicted octanol–water partition coefficient (Wildman–Crippen LogP) is 2.65. The van der Waals surface area contributed by atoms with Crippen molar-refractivity contribution in [3.8, 4) is 11.5 Å². The van der Waals surface area contributed by atoms with E-state index in [2.05, 4.69) is 18.3 Å². The summed E-state index contributed by atoms with van der Waals surface area (Å²) in [6, 6.07) is 6.44. The summed E-state index contributed by atoms with van der Waals surface area (Å²) >= 11 is 0. The Balaban J connectivity index is 2.43. The summed E-state index contributed by atoms with van der Waals surface area (Å²) in [7, 11) is 3.31. The van der Waals surface area contributed by atoms with Crippen molar-refractivity contribution in [1.29, 1.82) is 0 Å². The number of nitrogens with one attached hydrogen (secondary N) is 1. The lowest BCUT2D eigenvalue weighted by atomic mass is 10.1. The number of hydrogen-bond acceptors (Lipinski definition) is 4. The van der Waals surface area contributed by atoms with E-state index in [0.29, 0.717) is 6.04 Å². The molecule has 1 unspecified atom stereocenters. The van der Waals surface area contributed by atoms with Crippen molar-refractivity contribution < 1.29 is 14.2 Å². The smallest absolute Gasteiger partial charge is 0.160 e. The maximum absolute atomic E-state index is 5.51. The van der Waals surface area contributed by atoms with Crippen LogP contribution in [0.1, 0.15) is 26.3 Å². The molecular weight excluding hydrogens is 254 g/mol. The second-order valence-corrected chi connectivity index (χ2v) is 5.17. The van der Waals surface area contributed by atoms with Gasteiger partial charge in [-0.25, -0.2) is 0 Å². The van der Waals surface area contributed by atoms with Gasteiger partial charge in [0.1, 0.15) is 0 Å². The normalized spacial score (nSPS) is 12.5. The monoisotopic (exact) mass is 281 g/mol. The topological polar surface area (TPSA) is 39.7 Å². The minimum absolute atomic E-state index is 0.290. The molecule has 4 nitrogen and oxygen atoms in total. The third-order valence-corrected chi connectivity index (χ3v) is 3.04. The molecule has 0 aliphatic heterocycles. The fourth-order valence-corrected chi connectivity index (χ4v) is 2.03. The molecular formula is C16H27NO3. The summed E-state index contributed by atoms with van der Waals surface area (Å²) < 4.78 is 16.1. The lowest BCUT2D eigenvalue weighted by molar-refractivity contribution is 0.0796. The third kappa shape index (κ3) is 5.80. The first kappa shape index (κ1) is 16.8. The highest BCUT2D eigenvalue weighted by atomic mass is 16.5. The summed E-state index contributed by atoms with van der Waals surface area (Å²) in [6.07, 6.45) is 1.24. The Morgan fingerprint density at radius 2 is 1.75 bits per heavy atom. The minimum atomic E-state index is 0.290. The zero-order valence-corrected chi connectivity index (χ0v) is 13.2. The Bertz CT molecular complexity index is 393. The van der Waals surface area contributed by atoms with Crippen LogP contribution in [0.5, 0.6) is 11.5 Å². The van der Waals surface area contributed by atoms with Crippen LogP contribution in [0.15, 0.2) is 18.2 Å². The molecule has 0 saturated heterocycles. The fraction of sp³-hybridized carbons (Fsp3) is 0.625. The molecule has 1 atom stereocenters. The van der Waals surface area contributed by atoms with E-state index in [9.17, 15) is 0 Å². The number of benzene rings is 1. The van der Waals surface area contributed by atoms with E-state index >= 15 is 0 Å². The van der Waals surface area contributed by atoms with E-state index in [0.717, 1.165) is 31.1 Å². The van der Waals surface area contributed by atoms with Gasteiger partial charge in [-0.1, -0.05) is 6.07 Å². The molecule has 0 saturated carbocycles. The van der Waals surface area contributed by atoms with Crippen LogP contribution in [0.2, 0.25) is 0 Å². The molecule has 0 amide bonds. The number of hydrogen-bond donors (Lipinski definition) is 1. The van der Waals surface area contributed by atoms with Gasteiger partial charge in [0.2, 0.25) is 0 Å². The number of rotatable bonds is 9. The van der Waals surface area contributed by atoms with E-state index < -0.39 is 0 Å². The minimum Gasteiger partial charge on any atom is -0.493 e. The Hall–Kier alpha value is -1.26. The highest BCUT2D eigenvalue weighted by Gasteiger charge is 2.07. The van der Waals surface area contributed by atoms with Crippen LogP contribution < -0.4 is 14.8 Å². The quantitative estimate of drug-likeness (QED) is 0.706. The van der Waals surface area contributed by atoms with Gasteiger partial charge in [0.05, 0.1) is 26.9 Å². The Morgan fingerprint density at radius 1 is 1.05 bits per heavy atom. The number of ether oxygens (including phenoxy) is 3. The SMILES string of the molecule is COc1ccc(CC(C)NCCOC(C)C)cc1OC. The summed E-state index contributed by atoms with van der Waals surface area (Å²) in [5.41, 5.74) is 1.23. The summed E-state index contributed by atoms with van der Waals surface area (Å²) in [5.74, 6) is 1.54. The molecule has 1 aromatic rings. The molecule has 0 radical (unpaired) electrons. The molecule has 0 aliphatic carbocycles. The summed E-state index contributed by atoms with van der Waals surface area (Å²) in [5, 5.41) is 3.46. The zero-order valence-electron chi connectivity index (χ0n) is 13.2. The number of methoxy groups -OCH3 is 2. The molecule has 4 heteroatoms. The van der Waals surface area contributed by atoms with Crippen LogP contribution in [-0.2, 0) is 11.2 Å². The van der Waals surface area contributed by atoms with Gasteiger partial charge >= 0.3 is 0 Å². The second kappa shape index (κ2) is 8.82. The zero-order chi connectivity index (χ0) is 15.0. The molecule has 1 rings (SSSR count). The van der Waals surface area contributed by atoms with Crippen LogP contribution >= 0.6 is 0 Å². The second-order valence-electron chi connectivity index (χ2n) is 5.17. The third-order valence-electron chi connectivity index (χ3n) is 3.04. The van der Waals surface area contributed by atoms with Gasteiger partial charge in [-0.05, 0) is 44.9 Å². The van der Waals surface area contributed by atoms with E-state index in [4.69, 9.17) is 14.2 Å². The summed E-state index contributed by atoms with van der Waals surface area (Å²) in [6.45, 7) is 7.88. The molecule has 1 aromatic carbocycles.